The van der Waals surface area contributed by atoms with Crippen molar-refractivity contribution in [2.45, 2.75) is 51.9 Å². The zero-order chi connectivity index (χ0) is 17.3. The number of benzene rings is 1. The first-order valence-corrected chi connectivity index (χ1v) is 8.57. The molecule has 0 spiro atoms. The molecule has 1 amide bonds. The van der Waals surface area contributed by atoms with Gasteiger partial charge in [-0.25, -0.2) is 0 Å². The largest absolute Gasteiger partial charge is 0.466 e. The predicted octanol–water partition coefficient (Wildman–Crippen LogP) is 3.86. The Morgan fingerprint density at radius 1 is 1.13 bits per heavy atom. The second kappa shape index (κ2) is 9.56. The SMILES string of the molecule is CCOC(=O)CCCNC(=O)C(CC)(CC)c1ccc(Cl)cc1. The maximum absolute atomic E-state index is 12.7. The van der Waals surface area contributed by atoms with Crippen molar-refractivity contribution in [3.63, 3.8) is 0 Å². The van der Waals surface area contributed by atoms with Gasteiger partial charge >= 0.3 is 5.97 Å². The maximum atomic E-state index is 12.7. The van der Waals surface area contributed by atoms with Crippen LogP contribution in [0.15, 0.2) is 24.3 Å². The molecule has 0 saturated heterocycles. The maximum Gasteiger partial charge on any atom is 0.305 e. The summed E-state index contributed by atoms with van der Waals surface area (Å²) >= 11 is 5.94. The van der Waals surface area contributed by atoms with Gasteiger partial charge in [0.25, 0.3) is 0 Å². The molecule has 128 valence electrons. The summed E-state index contributed by atoms with van der Waals surface area (Å²) in [5.41, 5.74) is 0.406. The van der Waals surface area contributed by atoms with Gasteiger partial charge in [-0.05, 0) is 43.9 Å². The zero-order valence-electron chi connectivity index (χ0n) is 14.2. The van der Waals surface area contributed by atoms with E-state index in [1.165, 1.54) is 0 Å². The van der Waals surface area contributed by atoms with Crippen LogP contribution in [-0.2, 0) is 19.7 Å². The molecule has 0 atom stereocenters. The van der Waals surface area contributed by atoms with Gasteiger partial charge in [0.15, 0.2) is 0 Å². The molecule has 0 aliphatic carbocycles. The molecule has 1 aromatic carbocycles. The average Bonchev–Trinajstić information content (AvgIpc) is 2.55. The highest BCUT2D eigenvalue weighted by atomic mass is 35.5. The minimum atomic E-state index is -0.561. The Balaban J connectivity index is 2.68. The van der Waals surface area contributed by atoms with Gasteiger partial charge in [0, 0.05) is 18.0 Å². The van der Waals surface area contributed by atoms with E-state index < -0.39 is 5.41 Å². The summed E-state index contributed by atoms with van der Waals surface area (Å²) in [6, 6.07) is 7.44. The summed E-state index contributed by atoms with van der Waals surface area (Å²) in [5, 5.41) is 3.61. The van der Waals surface area contributed by atoms with Crippen LogP contribution in [0, 0.1) is 0 Å². The van der Waals surface area contributed by atoms with Gasteiger partial charge in [-0.1, -0.05) is 37.6 Å². The van der Waals surface area contributed by atoms with Crippen LogP contribution in [0.4, 0.5) is 0 Å². The van der Waals surface area contributed by atoms with Crippen LogP contribution in [0.3, 0.4) is 0 Å². The smallest absolute Gasteiger partial charge is 0.305 e. The van der Waals surface area contributed by atoms with E-state index in [1.807, 2.05) is 38.1 Å². The minimum absolute atomic E-state index is 0.00585. The summed E-state index contributed by atoms with van der Waals surface area (Å²) in [4.78, 5) is 24.0. The Bertz CT molecular complexity index is 510. The highest BCUT2D eigenvalue weighted by Gasteiger charge is 2.36. The quantitative estimate of drug-likeness (QED) is 0.549. The van der Waals surface area contributed by atoms with E-state index in [2.05, 4.69) is 5.32 Å². The number of rotatable bonds is 9. The van der Waals surface area contributed by atoms with Crippen LogP contribution in [-0.4, -0.2) is 25.0 Å². The molecule has 0 fully saturated rings. The molecule has 0 saturated carbocycles. The van der Waals surface area contributed by atoms with Crippen molar-refractivity contribution >= 4 is 23.5 Å². The van der Waals surface area contributed by atoms with Gasteiger partial charge in [0.05, 0.1) is 12.0 Å². The zero-order valence-corrected chi connectivity index (χ0v) is 14.9. The lowest BCUT2D eigenvalue weighted by Gasteiger charge is -2.31. The number of ether oxygens (including phenoxy) is 1. The third kappa shape index (κ3) is 5.24. The second-order valence-electron chi connectivity index (χ2n) is 5.46. The number of carbonyl (C=O) groups is 2. The van der Waals surface area contributed by atoms with Crippen LogP contribution in [0.25, 0.3) is 0 Å². The Kier molecular flexibility index (Phi) is 8.10. The number of halogens is 1. The monoisotopic (exact) mass is 339 g/mol. The number of carbonyl (C=O) groups excluding carboxylic acids is 2. The van der Waals surface area contributed by atoms with Gasteiger partial charge in [0.1, 0.15) is 0 Å². The van der Waals surface area contributed by atoms with Crippen molar-refractivity contribution in [3.8, 4) is 0 Å². The van der Waals surface area contributed by atoms with Crippen LogP contribution in [0.5, 0.6) is 0 Å². The molecule has 0 aliphatic rings. The van der Waals surface area contributed by atoms with Crippen molar-refractivity contribution < 1.29 is 14.3 Å². The summed E-state index contributed by atoms with van der Waals surface area (Å²) < 4.78 is 4.87. The van der Waals surface area contributed by atoms with Crippen molar-refractivity contribution in [2.75, 3.05) is 13.2 Å². The van der Waals surface area contributed by atoms with Crippen LogP contribution < -0.4 is 5.32 Å². The summed E-state index contributed by atoms with van der Waals surface area (Å²) in [5.74, 6) is -0.231. The van der Waals surface area contributed by atoms with Crippen molar-refractivity contribution in [3.05, 3.63) is 34.9 Å². The fourth-order valence-electron chi connectivity index (χ4n) is 2.72. The van der Waals surface area contributed by atoms with Crippen LogP contribution in [0.2, 0.25) is 5.02 Å². The minimum Gasteiger partial charge on any atom is -0.466 e. The number of hydrogen-bond acceptors (Lipinski definition) is 3. The standard InChI is InChI=1S/C18H26ClNO3/c1-4-18(5-2,14-9-11-15(19)12-10-14)17(22)20-13-7-8-16(21)23-6-3/h9-12H,4-8,13H2,1-3H3,(H,20,22). The lowest BCUT2D eigenvalue weighted by Crippen LogP contribution is -2.44. The van der Waals surface area contributed by atoms with Crippen molar-refractivity contribution in [1.82, 2.24) is 5.32 Å². The highest BCUT2D eigenvalue weighted by molar-refractivity contribution is 6.30. The summed E-state index contributed by atoms with van der Waals surface area (Å²) in [6.07, 6.45) is 2.30. The molecule has 0 radical (unpaired) electrons. The van der Waals surface area contributed by atoms with E-state index in [4.69, 9.17) is 16.3 Å². The van der Waals surface area contributed by atoms with Crippen molar-refractivity contribution in [2.24, 2.45) is 0 Å². The fraction of sp³-hybridized carbons (Fsp3) is 0.556. The molecule has 1 rings (SSSR count). The number of hydrogen-bond donors (Lipinski definition) is 1. The van der Waals surface area contributed by atoms with Gasteiger partial charge in [0.2, 0.25) is 5.91 Å². The second-order valence-corrected chi connectivity index (χ2v) is 5.90. The molecular formula is C18H26ClNO3. The molecule has 1 N–H and O–H groups in total. The number of nitrogens with one attached hydrogen (secondary N) is 1. The van der Waals surface area contributed by atoms with E-state index in [-0.39, 0.29) is 11.9 Å². The third-order valence-corrected chi connectivity index (χ3v) is 4.44. The van der Waals surface area contributed by atoms with Gasteiger partial charge in [-0.15, -0.1) is 0 Å². The fourth-order valence-corrected chi connectivity index (χ4v) is 2.84. The van der Waals surface area contributed by atoms with Gasteiger partial charge < -0.3 is 10.1 Å². The summed E-state index contributed by atoms with van der Waals surface area (Å²) in [6.45, 7) is 6.65. The first kappa shape index (κ1) is 19.5. The first-order chi connectivity index (χ1) is 11.0. The first-order valence-electron chi connectivity index (χ1n) is 8.20. The van der Waals surface area contributed by atoms with E-state index in [1.54, 1.807) is 6.92 Å². The molecule has 4 nitrogen and oxygen atoms in total. The van der Waals surface area contributed by atoms with Crippen LogP contribution in [0.1, 0.15) is 52.0 Å². The topological polar surface area (TPSA) is 55.4 Å². The summed E-state index contributed by atoms with van der Waals surface area (Å²) in [7, 11) is 0. The number of amides is 1. The molecule has 1 aromatic rings. The van der Waals surface area contributed by atoms with E-state index in [0.29, 0.717) is 43.9 Å². The van der Waals surface area contributed by atoms with Gasteiger partial charge in [-0.3, -0.25) is 9.59 Å². The number of esters is 1. The molecule has 0 heterocycles. The molecule has 0 aliphatic heterocycles. The Labute approximate surface area is 143 Å². The lowest BCUT2D eigenvalue weighted by atomic mass is 9.75. The van der Waals surface area contributed by atoms with Crippen LogP contribution >= 0.6 is 11.6 Å². The molecule has 0 aromatic heterocycles. The Morgan fingerprint density at radius 2 is 1.74 bits per heavy atom. The van der Waals surface area contributed by atoms with E-state index in [0.717, 1.165) is 5.56 Å². The molecule has 0 bridgehead atoms. The van der Waals surface area contributed by atoms with Gasteiger partial charge in [-0.2, -0.15) is 0 Å². The van der Waals surface area contributed by atoms with Crippen molar-refractivity contribution in [1.29, 1.82) is 0 Å². The Morgan fingerprint density at radius 3 is 2.26 bits per heavy atom. The third-order valence-electron chi connectivity index (χ3n) is 4.19. The molecule has 23 heavy (non-hydrogen) atoms. The molecule has 5 heteroatoms. The molecular weight excluding hydrogens is 314 g/mol. The average molecular weight is 340 g/mol. The van der Waals surface area contributed by atoms with E-state index in [9.17, 15) is 9.59 Å². The molecule has 0 unspecified atom stereocenters. The normalized spacial score (nSPS) is 11.1. The van der Waals surface area contributed by atoms with E-state index >= 15 is 0 Å². The highest BCUT2D eigenvalue weighted by Crippen LogP contribution is 2.32. The predicted molar refractivity (Wildman–Crippen MR) is 92.6 cm³/mol. The lowest BCUT2D eigenvalue weighted by molar-refractivity contribution is -0.143. The Hall–Kier alpha value is -1.55.